The number of nitrogens with zero attached hydrogens (tertiary/aromatic N) is 1. The van der Waals surface area contributed by atoms with Crippen molar-refractivity contribution in [3.63, 3.8) is 0 Å². The van der Waals surface area contributed by atoms with Crippen LogP contribution in [0.15, 0.2) is 41.4 Å². The van der Waals surface area contributed by atoms with E-state index < -0.39 is 0 Å². The third-order valence-corrected chi connectivity index (χ3v) is 6.48. The van der Waals surface area contributed by atoms with Gasteiger partial charge in [0.25, 0.3) is 0 Å². The minimum atomic E-state index is -0.0720. The van der Waals surface area contributed by atoms with Gasteiger partial charge in [0.1, 0.15) is 11.4 Å². The second-order valence-corrected chi connectivity index (χ2v) is 8.35. The lowest BCUT2D eigenvalue weighted by molar-refractivity contribution is 0.0396. The Labute approximate surface area is 190 Å². The van der Waals surface area contributed by atoms with Crippen molar-refractivity contribution in [1.29, 1.82) is 0 Å². The lowest BCUT2D eigenvalue weighted by Gasteiger charge is -2.40. The number of para-hydroxylation sites is 1. The molecule has 2 N–H and O–H groups in total. The highest BCUT2D eigenvalue weighted by Crippen LogP contribution is 2.47. The summed E-state index contributed by atoms with van der Waals surface area (Å²) in [4.78, 5) is 4.47. The summed E-state index contributed by atoms with van der Waals surface area (Å²) in [6, 6.07) is 12.3. The summed E-state index contributed by atoms with van der Waals surface area (Å²) in [5.74, 6) is 3.58. The molecule has 1 fully saturated rings. The Morgan fingerprint density at radius 2 is 1.78 bits per heavy atom. The number of methoxy groups -OCH3 is 3. The molecule has 4 rings (SSSR count). The quantitative estimate of drug-likeness (QED) is 0.519. The van der Waals surface area contributed by atoms with E-state index in [9.17, 15) is 0 Å². The molecule has 172 valence electrons. The van der Waals surface area contributed by atoms with Crippen molar-refractivity contribution in [2.24, 2.45) is 4.99 Å². The topological polar surface area (TPSA) is 73.3 Å². The zero-order valence-electron chi connectivity index (χ0n) is 19.4. The van der Waals surface area contributed by atoms with Crippen LogP contribution in [-0.4, -0.2) is 39.9 Å². The van der Waals surface area contributed by atoms with Crippen LogP contribution in [-0.2, 0) is 6.54 Å². The number of fused-ring (bicyclic) bond motifs is 1. The van der Waals surface area contributed by atoms with E-state index in [2.05, 4.69) is 33.8 Å². The minimum Gasteiger partial charge on any atom is -0.493 e. The van der Waals surface area contributed by atoms with Gasteiger partial charge < -0.3 is 29.6 Å². The van der Waals surface area contributed by atoms with E-state index in [1.165, 1.54) is 18.4 Å². The third-order valence-electron chi connectivity index (χ3n) is 6.48. The highest BCUT2D eigenvalue weighted by Gasteiger charge is 2.43. The van der Waals surface area contributed by atoms with Crippen molar-refractivity contribution in [1.82, 2.24) is 10.6 Å². The zero-order chi connectivity index (χ0) is 22.6. The van der Waals surface area contributed by atoms with Crippen LogP contribution < -0.4 is 29.6 Å². The van der Waals surface area contributed by atoms with Gasteiger partial charge in [0.2, 0.25) is 5.75 Å². The van der Waals surface area contributed by atoms with Crippen molar-refractivity contribution in [3.8, 4) is 23.0 Å². The number of guanidine groups is 1. The summed E-state index contributed by atoms with van der Waals surface area (Å²) < 4.78 is 23.0. The molecule has 0 saturated heterocycles. The van der Waals surface area contributed by atoms with E-state index in [1.807, 2.05) is 18.2 Å². The van der Waals surface area contributed by atoms with Gasteiger partial charge >= 0.3 is 0 Å². The molecular formula is C25H33N3O4. The number of nitrogens with one attached hydrogen (secondary N) is 2. The number of benzene rings is 2. The van der Waals surface area contributed by atoms with Crippen LogP contribution in [0.4, 0.5) is 0 Å². The molecule has 1 aliphatic carbocycles. The van der Waals surface area contributed by atoms with Gasteiger partial charge in [-0.05, 0) is 43.9 Å². The first-order valence-corrected chi connectivity index (χ1v) is 11.2. The predicted octanol–water partition coefficient (Wildman–Crippen LogP) is 4.21. The second-order valence-electron chi connectivity index (χ2n) is 8.35. The SMILES string of the molecule is CN=C(NCc1ccc(OC)c(OC)c1OC)NC1CC2(CCCC2)Oc2ccccc21. The van der Waals surface area contributed by atoms with E-state index in [-0.39, 0.29) is 11.6 Å². The number of hydrogen-bond acceptors (Lipinski definition) is 5. The Bertz CT molecular complexity index is 970. The molecule has 2 aliphatic rings. The Hall–Kier alpha value is -3.09. The zero-order valence-corrected chi connectivity index (χ0v) is 19.4. The average Bonchev–Trinajstić information content (AvgIpc) is 3.27. The number of hydrogen-bond donors (Lipinski definition) is 2. The van der Waals surface area contributed by atoms with Crippen molar-refractivity contribution >= 4 is 5.96 Å². The molecule has 32 heavy (non-hydrogen) atoms. The highest BCUT2D eigenvalue weighted by molar-refractivity contribution is 5.80. The largest absolute Gasteiger partial charge is 0.493 e. The fourth-order valence-electron chi connectivity index (χ4n) is 4.91. The summed E-state index contributed by atoms with van der Waals surface area (Å²) in [7, 11) is 6.65. The Balaban J connectivity index is 1.51. The molecule has 0 bridgehead atoms. The van der Waals surface area contributed by atoms with Gasteiger partial charge in [-0.1, -0.05) is 18.2 Å². The Kier molecular flexibility index (Phi) is 6.63. The molecule has 0 radical (unpaired) electrons. The summed E-state index contributed by atoms with van der Waals surface area (Å²) >= 11 is 0. The van der Waals surface area contributed by atoms with Crippen molar-refractivity contribution in [2.75, 3.05) is 28.4 Å². The van der Waals surface area contributed by atoms with Crippen LogP contribution in [0.25, 0.3) is 0 Å². The molecule has 1 aliphatic heterocycles. The van der Waals surface area contributed by atoms with Crippen molar-refractivity contribution < 1.29 is 18.9 Å². The predicted molar refractivity (Wildman–Crippen MR) is 125 cm³/mol. The first-order valence-electron chi connectivity index (χ1n) is 11.2. The highest BCUT2D eigenvalue weighted by atomic mass is 16.5. The molecule has 1 atom stereocenters. The molecule has 0 aromatic heterocycles. The molecule has 7 nitrogen and oxygen atoms in total. The third kappa shape index (κ3) is 4.29. The first-order chi connectivity index (χ1) is 15.6. The van der Waals surface area contributed by atoms with E-state index >= 15 is 0 Å². The molecule has 1 saturated carbocycles. The molecule has 2 aromatic carbocycles. The standard InChI is InChI=1S/C25H33N3O4/c1-26-24(27-16-17-11-12-21(29-2)23(31-4)22(17)30-3)28-19-15-25(13-7-8-14-25)32-20-10-6-5-9-18(19)20/h5-6,9-12,19H,7-8,13-16H2,1-4H3,(H2,26,27,28). The fraction of sp³-hybridized carbons (Fsp3) is 0.480. The molecule has 1 unspecified atom stereocenters. The van der Waals surface area contributed by atoms with Gasteiger partial charge in [-0.2, -0.15) is 0 Å². The second kappa shape index (κ2) is 9.59. The van der Waals surface area contributed by atoms with Crippen LogP contribution in [0.1, 0.15) is 49.3 Å². The van der Waals surface area contributed by atoms with Gasteiger partial charge in [-0.25, -0.2) is 0 Å². The van der Waals surface area contributed by atoms with Crippen LogP contribution >= 0.6 is 0 Å². The summed E-state index contributed by atoms with van der Waals surface area (Å²) in [5.41, 5.74) is 2.06. The maximum absolute atomic E-state index is 6.49. The Morgan fingerprint density at radius 3 is 2.47 bits per heavy atom. The van der Waals surface area contributed by atoms with Gasteiger partial charge in [0, 0.05) is 31.1 Å². The molecule has 0 amide bonds. The monoisotopic (exact) mass is 439 g/mol. The van der Waals surface area contributed by atoms with Gasteiger partial charge in [-0.3, -0.25) is 4.99 Å². The molecule has 2 aromatic rings. The average molecular weight is 440 g/mol. The van der Waals surface area contributed by atoms with Crippen molar-refractivity contribution in [2.45, 2.75) is 50.3 Å². The summed E-state index contributed by atoms with van der Waals surface area (Å²) in [6.45, 7) is 0.527. The van der Waals surface area contributed by atoms with Crippen LogP contribution in [0.5, 0.6) is 23.0 Å². The van der Waals surface area contributed by atoms with E-state index in [0.29, 0.717) is 23.8 Å². The van der Waals surface area contributed by atoms with Gasteiger partial charge in [-0.15, -0.1) is 0 Å². The number of aliphatic imine (C=N–C) groups is 1. The van der Waals surface area contributed by atoms with E-state index in [0.717, 1.165) is 36.5 Å². The van der Waals surface area contributed by atoms with E-state index in [4.69, 9.17) is 18.9 Å². The summed E-state index contributed by atoms with van der Waals surface area (Å²) in [5, 5.41) is 7.06. The normalized spacial score (nSPS) is 19.1. The molecule has 1 spiro atoms. The van der Waals surface area contributed by atoms with Crippen LogP contribution in [0.3, 0.4) is 0 Å². The van der Waals surface area contributed by atoms with Gasteiger partial charge in [0.15, 0.2) is 17.5 Å². The maximum atomic E-state index is 6.49. The maximum Gasteiger partial charge on any atom is 0.203 e. The van der Waals surface area contributed by atoms with E-state index in [1.54, 1.807) is 28.4 Å². The molecule has 1 heterocycles. The number of ether oxygens (including phenoxy) is 4. The summed E-state index contributed by atoms with van der Waals surface area (Å²) in [6.07, 6.45) is 5.59. The first kappa shape index (κ1) is 22.1. The molecular weight excluding hydrogens is 406 g/mol. The lowest BCUT2D eigenvalue weighted by atomic mass is 9.86. The van der Waals surface area contributed by atoms with Crippen LogP contribution in [0.2, 0.25) is 0 Å². The smallest absolute Gasteiger partial charge is 0.203 e. The Morgan fingerprint density at radius 1 is 1.03 bits per heavy atom. The van der Waals surface area contributed by atoms with Gasteiger partial charge in [0.05, 0.1) is 27.4 Å². The van der Waals surface area contributed by atoms with Crippen molar-refractivity contribution in [3.05, 3.63) is 47.5 Å². The lowest BCUT2D eigenvalue weighted by Crippen LogP contribution is -2.46. The molecule has 7 heteroatoms. The van der Waals surface area contributed by atoms with Crippen LogP contribution in [0, 0.1) is 0 Å². The minimum absolute atomic E-state index is 0.0720. The fourth-order valence-corrected chi connectivity index (χ4v) is 4.91. The number of rotatable bonds is 6.